The largest absolute Gasteiger partial charge is 0.497 e. The van der Waals surface area contributed by atoms with E-state index in [9.17, 15) is 9.59 Å². The van der Waals surface area contributed by atoms with E-state index in [0.29, 0.717) is 18.1 Å². The first kappa shape index (κ1) is 21.7. The molecule has 0 spiro atoms. The number of amides is 2. The highest BCUT2D eigenvalue weighted by molar-refractivity contribution is 7.15. The maximum atomic E-state index is 12.6. The quantitative estimate of drug-likeness (QED) is 0.546. The number of rotatable bonds is 7. The van der Waals surface area contributed by atoms with Gasteiger partial charge in [0.05, 0.1) is 7.11 Å². The molecule has 32 heavy (non-hydrogen) atoms. The number of nitrogens with zero attached hydrogens (tertiary/aromatic N) is 3. The van der Waals surface area contributed by atoms with Crippen molar-refractivity contribution in [3.05, 3.63) is 70.7 Å². The van der Waals surface area contributed by atoms with E-state index in [1.807, 2.05) is 48.5 Å². The second-order valence-corrected chi connectivity index (χ2v) is 8.48. The monoisotopic (exact) mass is 448 g/mol. The molecule has 0 saturated carbocycles. The van der Waals surface area contributed by atoms with Gasteiger partial charge in [-0.15, -0.1) is 10.2 Å². The van der Waals surface area contributed by atoms with Gasteiger partial charge in [0.25, 0.3) is 0 Å². The molecule has 1 fully saturated rings. The van der Waals surface area contributed by atoms with Gasteiger partial charge in [0.1, 0.15) is 10.8 Å². The van der Waals surface area contributed by atoms with Crippen LogP contribution in [0.15, 0.2) is 54.6 Å². The van der Waals surface area contributed by atoms with Crippen LogP contribution in [0.4, 0.5) is 10.8 Å². The van der Waals surface area contributed by atoms with E-state index in [1.165, 1.54) is 23.0 Å². The molecule has 7 nitrogen and oxygen atoms in total. The van der Waals surface area contributed by atoms with Crippen molar-refractivity contribution in [1.29, 1.82) is 0 Å². The van der Waals surface area contributed by atoms with Gasteiger partial charge in [-0.1, -0.05) is 42.5 Å². The third kappa shape index (κ3) is 5.03. The van der Waals surface area contributed by atoms with E-state index < -0.39 is 0 Å². The standard InChI is InChI=1S/C24H24N4O3S/c1-3-16-4-9-19(10-5-16)28-15-18(14-22(28)30)23-26-27-24(32-23)25-21(29)13-8-17-6-11-20(31-2)12-7-17/h4-13,18H,3,14-15H2,1-2H3,(H,25,27,29)/b13-8+. The molecule has 0 bridgehead atoms. The minimum Gasteiger partial charge on any atom is -0.497 e. The number of nitrogens with one attached hydrogen (secondary N) is 1. The van der Waals surface area contributed by atoms with Crippen molar-refractivity contribution >= 4 is 40.0 Å². The summed E-state index contributed by atoms with van der Waals surface area (Å²) < 4.78 is 5.12. The zero-order valence-corrected chi connectivity index (χ0v) is 18.8. The molecule has 8 heteroatoms. The van der Waals surface area contributed by atoms with Gasteiger partial charge in [-0.25, -0.2) is 0 Å². The van der Waals surface area contributed by atoms with Crippen molar-refractivity contribution in [2.45, 2.75) is 25.7 Å². The van der Waals surface area contributed by atoms with E-state index in [-0.39, 0.29) is 17.7 Å². The highest BCUT2D eigenvalue weighted by atomic mass is 32.1. The van der Waals surface area contributed by atoms with Crippen LogP contribution in [-0.2, 0) is 16.0 Å². The Kier molecular flexibility index (Phi) is 6.61. The molecule has 2 heterocycles. The molecular formula is C24H24N4O3S. The minimum atomic E-state index is -0.288. The van der Waals surface area contributed by atoms with Crippen LogP contribution in [0, 0.1) is 0 Å². The maximum Gasteiger partial charge on any atom is 0.250 e. The second-order valence-electron chi connectivity index (χ2n) is 7.47. The number of benzene rings is 2. The predicted molar refractivity (Wildman–Crippen MR) is 126 cm³/mol. The summed E-state index contributed by atoms with van der Waals surface area (Å²) in [4.78, 5) is 26.6. The fourth-order valence-corrected chi connectivity index (χ4v) is 4.36. The Labute approximate surface area is 190 Å². The van der Waals surface area contributed by atoms with Crippen LogP contribution in [0.25, 0.3) is 6.08 Å². The minimum absolute atomic E-state index is 0.0358. The predicted octanol–water partition coefficient (Wildman–Crippen LogP) is 4.28. The number of carbonyl (C=O) groups excluding carboxylic acids is 2. The van der Waals surface area contributed by atoms with Crippen LogP contribution < -0.4 is 15.0 Å². The Hall–Kier alpha value is -3.52. The molecule has 1 N–H and O–H groups in total. The van der Waals surface area contributed by atoms with Gasteiger partial charge in [-0.3, -0.25) is 14.9 Å². The van der Waals surface area contributed by atoms with Crippen molar-refractivity contribution in [2.75, 3.05) is 23.9 Å². The van der Waals surface area contributed by atoms with Gasteiger partial charge >= 0.3 is 0 Å². The van der Waals surface area contributed by atoms with Crippen LogP contribution in [0.3, 0.4) is 0 Å². The van der Waals surface area contributed by atoms with Gasteiger partial charge in [0, 0.05) is 30.6 Å². The summed E-state index contributed by atoms with van der Waals surface area (Å²) in [5.41, 5.74) is 3.02. The van der Waals surface area contributed by atoms with Crippen LogP contribution in [0.5, 0.6) is 5.75 Å². The summed E-state index contributed by atoms with van der Waals surface area (Å²) in [5.74, 6) is 0.507. The van der Waals surface area contributed by atoms with Gasteiger partial charge in [0.2, 0.25) is 16.9 Å². The summed E-state index contributed by atoms with van der Waals surface area (Å²) in [6.07, 6.45) is 4.51. The van der Waals surface area contributed by atoms with Gasteiger partial charge in [-0.2, -0.15) is 0 Å². The highest BCUT2D eigenvalue weighted by Gasteiger charge is 2.33. The summed E-state index contributed by atoms with van der Waals surface area (Å²) in [6, 6.07) is 15.5. The van der Waals surface area contributed by atoms with Crippen LogP contribution in [0.1, 0.15) is 35.4 Å². The lowest BCUT2D eigenvalue weighted by Gasteiger charge is -2.16. The number of aryl methyl sites for hydroxylation is 1. The fourth-order valence-electron chi connectivity index (χ4n) is 3.52. The topological polar surface area (TPSA) is 84.4 Å². The van der Waals surface area contributed by atoms with Gasteiger partial charge in [0.15, 0.2) is 0 Å². The Balaban J connectivity index is 1.36. The summed E-state index contributed by atoms with van der Waals surface area (Å²) >= 11 is 1.31. The third-order valence-corrected chi connectivity index (χ3v) is 6.35. The highest BCUT2D eigenvalue weighted by Crippen LogP contribution is 2.34. The SMILES string of the molecule is CCc1ccc(N2CC(c3nnc(NC(=O)/C=C/c4ccc(OC)cc4)s3)CC2=O)cc1. The molecule has 1 aromatic heterocycles. The fraction of sp³-hybridized carbons (Fsp3) is 0.250. The lowest BCUT2D eigenvalue weighted by Crippen LogP contribution is -2.24. The Morgan fingerprint density at radius 3 is 2.62 bits per heavy atom. The zero-order valence-electron chi connectivity index (χ0n) is 17.9. The first-order chi connectivity index (χ1) is 15.6. The molecule has 1 aliphatic heterocycles. The molecular weight excluding hydrogens is 424 g/mol. The third-order valence-electron chi connectivity index (χ3n) is 5.34. The average molecular weight is 449 g/mol. The summed E-state index contributed by atoms with van der Waals surface area (Å²) in [6.45, 7) is 2.66. The number of anilines is 2. The molecule has 1 unspecified atom stereocenters. The molecule has 1 atom stereocenters. The lowest BCUT2D eigenvalue weighted by molar-refractivity contribution is -0.117. The summed E-state index contributed by atoms with van der Waals surface area (Å²) in [7, 11) is 1.61. The Morgan fingerprint density at radius 2 is 1.94 bits per heavy atom. The molecule has 4 rings (SSSR count). The lowest BCUT2D eigenvalue weighted by atomic mass is 10.1. The van der Waals surface area contributed by atoms with Crippen molar-refractivity contribution < 1.29 is 14.3 Å². The second kappa shape index (κ2) is 9.74. The Morgan fingerprint density at radius 1 is 1.19 bits per heavy atom. The van der Waals surface area contributed by atoms with Crippen molar-refractivity contribution in [1.82, 2.24) is 10.2 Å². The van der Waals surface area contributed by atoms with Crippen LogP contribution >= 0.6 is 11.3 Å². The van der Waals surface area contributed by atoms with Crippen LogP contribution in [0.2, 0.25) is 0 Å². The summed E-state index contributed by atoms with van der Waals surface area (Å²) in [5, 5.41) is 12.2. The Bertz CT molecular complexity index is 1120. The maximum absolute atomic E-state index is 12.6. The van der Waals surface area contributed by atoms with Crippen LogP contribution in [-0.4, -0.2) is 35.7 Å². The molecule has 0 radical (unpaired) electrons. The van der Waals surface area contributed by atoms with Crippen molar-refractivity contribution in [3.8, 4) is 5.75 Å². The molecule has 0 aliphatic carbocycles. The average Bonchev–Trinajstić information content (AvgIpc) is 3.44. The van der Waals surface area contributed by atoms with Gasteiger partial charge in [-0.05, 0) is 47.9 Å². The molecule has 2 aromatic carbocycles. The van der Waals surface area contributed by atoms with Crippen molar-refractivity contribution in [2.24, 2.45) is 0 Å². The van der Waals surface area contributed by atoms with E-state index in [0.717, 1.165) is 28.4 Å². The zero-order chi connectivity index (χ0) is 22.5. The number of hydrogen-bond donors (Lipinski definition) is 1. The van der Waals surface area contributed by atoms with E-state index >= 15 is 0 Å². The normalized spacial score (nSPS) is 16.0. The van der Waals surface area contributed by atoms with E-state index in [4.69, 9.17) is 4.74 Å². The van der Waals surface area contributed by atoms with Crippen molar-refractivity contribution in [3.63, 3.8) is 0 Å². The number of hydrogen-bond acceptors (Lipinski definition) is 6. The number of aromatic nitrogens is 2. The molecule has 164 valence electrons. The number of methoxy groups -OCH3 is 1. The molecule has 1 aliphatic rings. The molecule has 1 saturated heterocycles. The van der Waals surface area contributed by atoms with E-state index in [2.05, 4.69) is 22.4 Å². The first-order valence-electron chi connectivity index (χ1n) is 10.4. The first-order valence-corrected chi connectivity index (χ1v) is 11.2. The number of carbonyl (C=O) groups is 2. The number of ether oxygens (including phenoxy) is 1. The smallest absolute Gasteiger partial charge is 0.250 e. The molecule has 2 amide bonds. The molecule has 3 aromatic rings. The van der Waals surface area contributed by atoms with E-state index in [1.54, 1.807) is 18.1 Å². The van der Waals surface area contributed by atoms with Gasteiger partial charge < -0.3 is 9.64 Å².